The molecule has 0 saturated carbocycles. The number of likely N-dealkylation sites (tertiary alicyclic amines) is 1. The van der Waals surface area contributed by atoms with Crippen LogP contribution in [-0.4, -0.2) is 48.6 Å². The summed E-state index contributed by atoms with van der Waals surface area (Å²) in [4.78, 5) is 23.7. The summed E-state index contributed by atoms with van der Waals surface area (Å²) in [6, 6.07) is 4.11. The molecule has 1 atom stereocenters. The number of nitrogens with one attached hydrogen (secondary N) is 1. The Hall–Kier alpha value is -2.70. The lowest BCUT2D eigenvalue weighted by atomic mass is 9.94. The van der Waals surface area contributed by atoms with Crippen molar-refractivity contribution >= 4 is 16.9 Å². The number of carbonyl (C=O) groups excluding carboxylic acids is 1. The van der Waals surface area contributed by atoms with Gasteiger partial charge in [-0.05, 0) is 25.0 Å². The predicted octanol–water partition coefficient (Wildman–Crippen LogP) is 2.51. The number of aromatic nitrogens is 5. The Morgan fingerprint density at radius 2 is 2.31 bits per heavy atom. The van der Waals surface area contributed by atoms with Gasteiger partial charge in [-0.15, -0.1) is 0 Å². The number of hydrogen-bond acceptors (Lipinski definition) is 4. The van der Waals surface area contributed by atoms with E-state index in [4.69, 9.17) is 4.98 Å². The first kappa shape index (κ1) is 16.8. The lowest BCUT2D eigenvalue weighted by molar-refractivity contribution is -0.132. The topological polar surface area (TPSA) is 79.7 Å². The maximum Gasteiger partial charge on any atom is 0.224 e. The summed E-state index contributed by atoms with van der Waals surface area (Å²) in [6.45, 7) is 4.36. The smallest absolute Gasteiger partial charge is 0.224 e. The van der Waals surface area contributed by atoms with Gasteiger partial charge in [0.15, 0.2) is 5.65 Å². The van der Waals surface area contributed by atoms with Gasteiger partial charge >= 0.3 is 0 Å². The number of nitrogens with zero attached hydrogens (tertiary/aromatic N) is 5. The molecule has 7 heteroatoms. The molecule has 0 aromatic carbocycles. The maximum absolute atomic E-state index is 12.7. The van der Waals surface area contributed by atoms with Gasteiger partial charge in [0.2, 0.25) is 5.91 Å². The van der Waals surface area contributed by atoms with Crippen LogP contribution in [0.4, 0.5) is 0 Å². The van der Waals surface area contributed by atoms with Gasteiger partial charge in [0, 0.05) is 61.9 Å². The Morgan fingerprint density at radius 1 is 1.38 bits per heavy atom. The lowest BCUT2D eigenvalue weighted by Gasteiger charge is -2.32. The lowest BCUT2D eigenvalue weighted by Crippen LogP contribution is -2.39. The third kappa shape index (κ3) is 3.34. The van der Waals surface area contributed by atoms with E-state index in [1.54, 1.807) is 12.4 Å². The van der Waals surface area contributed by atoms with Crippen LogP contribution in [0.15, 0.2) is 30.7 Å². The summed E-state index contributed by atoms with van der Waals surface area (Å²) >= 11 is 0. The van der Waals surface area contributed by atoms with Crippen LogP contribution in [0.25, 0.3) is 11.0 Å². The number of aromatic amines is 1. The first-order valence-corrected chi connectivity index (χ1v) is 9.32. The van der Waals surface area contributed by atoms with E-state index < -0.39 is 0 Å². The number of imidazole rings is 1. The van der Waals surface area contributed by atoms with E-state index in [1.807, 2.05) is 17.2 Å². The van der Waals surface area contributed by atoms with Crippen LogP contribution >= 0.6 is 0 Å². The molecule has 4 rings (SSSR count). The summed E-state index contributed by atoms with van der Waals surface area (Å²) in [5.74, 6) is 1.54. The molecule has 0 aliphatic carbocycles. The second-order valence-electron chi connectivity index (χ2n) is 6.86. The monoisotopic (exact) mass is 352 g/mol. The van der Waals surface area contributed by atoms with Crippen molar-refractivity contribution in [2.45, 2.75) is 45.1 Å². The number of hydrogen-bond donors (Lipinski definition) is 1. The highest BCUT2D eigenvalue weighted by Crippen LogP contribution is 2.27. The zero-order chi connectivity index (χ0) is 17.9. The second kappa shape index (κ2) is 7.27. The average molecular weight is 352 g/mol. The number of aryl methyl sites for hydroxylation is 2. The molecule has 7 nitrogen and oxygen atoms in total. The minimum atomic E-state index is 0.216. The molecule has 0 bridgehead atoms. The maximum atomic E-state index is 12.7. The van der Waals surface area contributed by atoms with Crippen molar-refractivity contribution in [3.8, 4) is 0 Å². The second-order valence-corrected chi connectivity index (χ2v) is 6.86. The molecule has 1 saturated heterocycles. The number of H-pyrrole nitrogens is 1. The molecule has 1 unspecified atom stereocenters. The Labute approximate surface area is 152 Å². The van der Waals surface area contributed by atoms with Crippen LogP contribution in [0.3, 0.4) is 0 Å². The van der Waals surface area contributed by atoms with Crippen LogP contribution in [0, 0.1) is 0 Å². The van der Waals surface area contributed by atoms with Gasteiger partial charge in [-0.25, -0.2) is 9.97 Å². The summed E-state index contributed by atoms with van der Waals surface area (Å²) in [5.41, 5.74) is 1.86. The number of carbonyl (C=O) groups is 1. The molecule has 1 fully saturated rings. The van der Waals surface area contributed by atoms with Crippen molar-refractivity contribution < 1.29 is 4.79 Å². The van der Waals surface area contributed by atoms with Gasteiger partial charge in [-0.3, -0.25) is 9.89 Å². The number of pyridine rings is 1. The SMILES string of the molecule is CCc1nccn1CCC(=O)N1CCCC(c2ccc3cn[nH]c3n2)C1. The van der Waals surface area contributed by atoms with Crippen LogP contribution in [0.1, 0.15) is 43.6 Å². The Bertz CT molecular complexity index is 898. The van der Waals surface area contributed by atoms with Crippen LogP contribution in [0.2, 0.25) is 0 Å². The molecule has 3 aromatic heterocycles. The van der Waals surface area contributed by atoms with E-state index in [9.17, 15) is 4.79 Å². The molecule has 1 aliphatic rings. The molecule has 3 aromatic rings. The van der Waals surface area contributed by atoms with Crippen molar-refractivity contribution in [3.05, 3.63) is 42.2 Å². The molecular formula is C19H24N6O. The number of fused-ring (bicyclic) bond motifs is 1. The molecule has 1 aliphatic heterocycles. The van der Waals surface area contributed by atoms with Gasteiger partial charge in [0.1, 0.15) is 5.82 Å². The fourth-order valence-electron chi connectivity index (χ4n) is 3.75. The molecule has 136 valence electrons. The zero-order valence-electron chi connectivity index (χ0n) is 15.1. The highest BCUT2D eigenvalue weighted by atomic mass is 16.2. The first-order valence-electron chi connectivity index (χ1n) is 9.32. The minimum absolute atomic E-state index is 0.216. The summed E-state index contributed by atoms with van der Waals surface area (Å²) in [6.07, 6.45) is 9.02. The Kier molecular flexibility index (Phi) is 4.69. The van der Waals surface area contributed by atoms with Crippen molar-refractivity contribution in [2.75, 3.05) is 13.1 Å². The van der Waals surface area contributed by atoms with E-state index >= 15 is 0 Å². The molecule has 1 N–H and O–H groups in total. The van der Waals surface area contributed by atoms with Gasteiger partial charge < -0.3 is 9.47 Å². The quantitative estimate of drug-likeness (QED) is 0.765. The largest absolute Gasteiger partial charge is 0.342 e. The van der Waals surface area contributed by atoms with E-state index in [0.29, 0.717) is 18.9 Å². The van der Waals surface area contributed by atoms with Gasteiger partial charge in [0.25, 0.3) is 0 Å². The molecule has 0 radical (unpaired) electrons. The molecular weight excluding hydrogens is 328 g/mol. The molecule has 26 heavy (non-hydrogen) atoms. The zero-order valence-corrected chi connectivity index (χ0v) is 15.1. The van der Waals surface area contributed by atoms with Crippen LogP contribution in [-0.2, 0) is 17.8 Å². The minimum Gasteiger partial charge on any atom is -0.342 e. The summed E-state index contributed by atoms with van der Waals surface area (Å²) in [5, 5.41) is 7.98. The van der Waals surface area contributed by atoms with Crippen LogP contribution in [0.5, 0.6) is 0 Å². The van der Waals surface area contributed by atoms with Gasteiger partial charge in [-0.1, -0.05) is 6.92 Å². The van der Waals surface area contributed by atoms with Crippen molar-refractivity contribution in [2.24, 2.45) is 0 Å². The van der Waals surface area contributed by atoms with E-state index in [0.717, 1.165) is 54.9 Å². The van der Waals surface area contributed by atoms with E-state index in [-0.39, 0.29) is 5.91 Å². The summed E-state index contributed by atoms with van der Waals surface area (Å²) < 4.78 is 2.08. The first-order chi connectivity index (χ1) is 12.7. The Balaban J connectivity index is 1.40. The number of amides is 1. The highest BCUT2D eigenvalue weighted by Gasteiger charge is 2.25. The van der Waals surface area contributed by atoms with E-state index in [1.165, 1.54) is 0 Å². The normalized spacial score (nSPS) is 17.7. The molecule has 0 spiro atoms. The fraction of sp³-hybridized carbons (Fsp3) is 0.474. The Morgan fingerprint density at radius 3 is 3.19 bits per heavy atom. The number of rotatable bonds is 5. The van der Waals surface area contributed by atoms with Gasteiger partial charge in [-0.2, -0.15) is 5.10 Å². The third-order valence-corrected chi connectivity index (χ3v) is 5.20. The third-order valence-electron chi connectivity index (χ3n) is 5.20. The van der Waals surface area contributed by atoms with Crippen molar-refractivity contribution in [3.63, 3.8) is 0 Å². The summed E-state index contributed by atoms with van der Waals surface area (Å²) in [7, 11) is 0. The highest BCUT2D eigenvalue weighted by molar-refractivity contribution is 5.76. The molecule has 1 amide bonds. The average Bonchev–Trinajstić information content (AvgIpc) is 3.34. The van der Waals surface area contributed by atoms with E-state index in [2.05, 4.69) is 32.7 Å². The van der Waals surface area contributed by atoms with Crippen LogP contribution < -0.4 is 0 Å². The predicted molar refractivity (Wildman–Crippen MR) is 98.7 cm³/mol. The van der Waals surface area contributed by atoms with Crippen molar-refractivity contribution in [1.82, 2.24) is 29.6 Å². The standard InChI is InChI=1S/C19H24N6O/c1-2-17-20-8-11-24(17)10-7-18(26)25-9-3-4-15(13-25)16-6-5-14-12-21-23-19(14)22-16/h5-6,8,11-12,15H,2-4,7,9-10,13H2,1H3,(H,21,22,23). The van der Waals surface area contributed by atoms with Crippen molar-refractivity contribution in [1.29, 1.82) is 0 Å². The molecule has 4 heterocycles. The number of piperidine rings is 1. The fourth-order valence-corrected chi connectivity index (χ4v) is 3.75. The van der Waals surface area contributed by atoms with Gasteiger partial charge in [0.05, 0.1) is 6.20 Å².